The van der Waals surface area contributed by atoms with Gasteiger partial charge in [0.1, 0.15) is 6.10 Å². The summed E-state index contributed by atoms with van der Waals surface area (Å²) in [5.74, 6) is 0. The highest BCUT2D eigenvalue weighted by Crippen LogP contribution is 2.24. The monoisotopic (exact) mass is 154 g/mol. The standard InChI is InChI=1S/C9H14O2/c1-7(2)4-3-5-8-9(6-10)11-8/h4,6,8-9H,3,5H2,1-2H3/t8-,9-/m0/s1. The Morgan fingerprint density at radius 1 is 1.55 bits per heavy atom. The summed E-state index contributed by atoms with van der Waals surface area (Å²) in [6.07, 6.45) is 5.17. The maximum absolute atomic E-state index is 10.1. The zero-order valence-electron chi connectivity index (χ0n) is 7.04. The minimum absolute atomic E-state index is 0.0967. The third-order valence-corrected chi connectivity index (χ3v) is 1.76. The summed E-state index contributed by atoms with van der Waals surface area (Å²) in [6, 6.07) is 0. The third kappa shape index (κ3) is 2.85. The molecule has 0 unspecified atom stereocenters. The molecule has 0 amide bonds. The normalized spacial score (nSPS) is 27.8. The maximum Gasteiger partial charge on any atom is 0.151 e. The maximum atomic E-state index is 10.1. The number of ether oxygens (including phenoxy) is 1. The first kappa shape index (κ1) is 8.47. The van der Waals surface area contributed by atoms with Gasteiger partial charge in [-0.25, -0.2) is 0 Å². The van der Waals surface area contributed by atoms with Crippen LogP contribution in [0.5, 0.6) is 0 Å². The molecule has 1 aliphatic heterocycles. The lowest BCUT2D eigenvalue weighted by molar-refractivity contribution is -0.108. The molecule has 1 aliphatic rings. The van der Waals surface area contributed by atoms with E-state index in [0.717, 1.165) is 19.1 Å². The molecule has 1 fully saturated rings. The molecule has 2 heteroatoms. The minimum atomic E-state index is -0.0967. The van der Waals surface area contributed by atoms with Crippen molar-refractivity contribution in [2.24, 2.45) is 0 Å². The lowest BCUT2D eigenvalue weighted by Gasteiger charge is -1.89. The molecular weight excluding hydrogens is 140 g/mol. The molecule has 1 rings (SSSR count). The van der Waals surface area contributed by atoms with Crippen molar-refractivity contribution in [1.29, 1.82) is 0 Å². The number of hydrogen-bond donors (Lipinski definition) is 0. The molecule has 11 heavy (non-hydrogen) atoms. The van der Waals surface area contributed by atoms with Crippen LogP contribution in [0, 0.1) is 0 Å². The fourth-order valence-electron chi connectivity index (χ4n) is 1.04. The molecule has 2 nitrogen and oxygen atoms in total. The van der Waals surface area contributed by atoms with Crippen LogP contribution in [0.2, 0.25) is 0 Å². The van der Waals surface area contributed by atoms with Crippen molar-refractivity contribution >= 4 is 6.29 Å². The first-order valence-electron chi connectivity index (χ1n) is 3.98. The van der Waals surface area contributed by atoms with E-state index in [1.165, 1.54) is 5.57 Å². The second kappa shape index (κ2) is 3.67. The van der Waals surface area contributed by atoms with Gasteiger partial charge in [-0.3, -0.25) is 0 Å². The van der Waals surface area contributed by atoms with E-state index in [9.17, 15) is 4.79 Å². The van der Waals surface area contributed by atoms with Crippen molar-refractivity contribution in [3.8, 4) is 0 Å². The molecule has 0 saturated carbocycles. The number of carbonyl (C=O) groups is 1. The molecule has 0 bridgehead atoms. The topological polar surface area (TPSA) is 29.6 Å². The molecule has 0 spiro atoms. The van der Waals surface area contributed by atoms with Gasteiger partial charge in [-0.05, 0) is 26.7 Å². The van der Waals surface area contributed by atoms with Gasteiger partial charge in [0.15, 0.2) is 6.29 Å². The van der Waals surface area contributed by atoms with Gasteiger partial charge in [-0.1, -0.05) is 11.6 Å². The predicted octanol–water partition coefficient (Wildman–Crippen LogP) is 1.70. The van der Waals surface area contributed by atoms with Crippen molar-refractivity contribution in [3.63, 3.8) is 0 Å². The number of rotatable bonds is 4. The first-order chi connectivity index (χ1) is 5.24. The van der Waals surface area contributed by atoms with E-state index in [2.05, 4.69) is 19.9 Å². The molecule has 1 saturated heterocycles. The van der Waals surface area contributed by atoms with Crippen molar-refractivity contribution in [2.45, 2.75) is 38.9 Å². The highest BCUT2D eigenvalue weighted by Gasteiger charge is 2.37. The Morgan fingerprint density at radius 3 is 2.73 bits per heavy atom. The van der Waals surface area contributed by atoms with Gasteiger partial charge in [0.2, 0.25) is 0 Å². The van der Waals surface area contributed by atoms with Crippen LogP contribution >= 0.6 is 0 Å². The van der Waals surface area contributed by atoms with Gasteiger partial charge in [-0.15, -0.1) is 0 Å². The molecule has 0 aromatic rings. The van der Waals surface area contributed by atoms with Crippen LogP contribution in [0.1, 0.15) is 26.7 Å². The fourth-order valence-corrected chi connectivity index (χ4v) is 1.04. The Hall–Kier alpha value is -0.630. The summed E-state index contributed by atoms with van der Waals surface area (Å²) >= 11 is 0. The molecule has 62 valence electrons. The van der Waals surface area contributed by atoms with Crippen LogP contribution < -0.4 is 0 Å². The summed E-state index contributed by atoms with van der Waals surface area (Å²) in [7, 11) is 0. The van der Waals surface area contributed by atoms with Crippen LogP contribution in [-0.2, 0) is 9.53 Å². The van der Waals surface area contributed by atoms with Crippen molar-refractivity contribution in [2.75, 3.05) is 0 Å². The molecule has 0 radical (unpaired) electrons. The molecule has 0 aliphatic carbocycles. The third-order valence-electron chi connectivity index (χ3n) is 1.76. The second-order valence-electron chi connectivity index (χ2n) is 3.13. The van der Waals surface area contributed by atoms with Gasteiger partial charge in [-0.2, -0.15) is 0 Å². The Kier molecular flexibility index (Phi) is 2.83. The van der Waals surface area contributed by atoms with E-state index < -0.39 is 0 Å². The Balaban J connectivity index is 2.06. The fraction of sp³-hybridized carbons (Fsp3) is 0.667. The lowest BCUT2D eigenvalue weighted by Crippen LogP contribution is -1.93. The molecule has 0 aromatic heterocycles. The van der Waals surface area contributed by atoms with Crippen molar-refractivity contribution < 1.29 is 9.53 Å². The van der Waals surface area contributed by atoms with Crippen molar-refractivity contribution in [1.82, 2.24) is 0 Å². The van der Waals surface area contributed by atoms with Gasteiger partial charge in [0, 0.05) is 0 Å². The van der Waals surface area contributed by atoms with E-state index >= 15 is 0 Å². The van der Waals surface area contributed by atoms with E-state index in [4.69, 9.17) is 4.74 Å². The minimum Gasteiger partial charge on any atom is -0.362 e. The summed E-state index contributed by atoms with van der Waals surface area (Å²) in [5.41, 5.74) is 1.33. The molecule has 2 atom stereocenters. The van der Waals surface area contributed by atoms with E-state index in [1.54, 1.807) is 0 Å². The van der Waals surface area contributed by atoms with Crippen LogP contribution in [0.3, 0.4) is 0 Å². The summed E-state index contributed by atoms with van der Waals surface area (Å²) in [5, 5.41) is 0. The number of carbonyl (C=O) groups excluding carboxylic acids is 1. The number of hydrogen-bond acceptors (Lipinski definition) is 2. The highest BCUT2D eigenvalue weighted by molar-refractivity contribution is 5.60. The Bertz CT molecular complexity index is 168. The SMILES string of the molecule is CC(C)=CCC[C@@H]1O[C@H]1C=O. The van der Waals surface area contributed by atoms with E-state index in [1.807, 2.05) is 0 Å². The van der Waals surface area contributed by atoms with Crippen molar-refractivity contribution in [3.05, 3.63) is 11.6 Å². The highest BCUT2D eigenvalue weighted by atomic mass is 16.6. The molecular formula is C9H14O2. The molecule has 0 aromatic carbocycles. The summed E-state index contributed by atoms with van der Waals surface area (Å²) < 4.78 is 5.05. The average molecular weight is 154 g/mol. The van der Waals surface area contributed by atoms with Crippen LogP contribution in [-0.4, -0.2) is 18.5 Å². The first-order valence-corrected chi connectivity index (χ1v) is 3.98. The predicted molar refractivity (Wildman–Crippen MR) is 43.4 cm³/mol. The van der Waals surface area contributed by atoms with Gasteiger partial charge < -0.3 is 9.53 Å². The molecule has 1 heterocycles. The van der Waals surface area contributed by atoms with Crippen LogP contribution in [0.15, 0.2) is 11.6 Å². The molecule has 0 N–H and O–H groups in total. The zero-order chi connectivity index (χ0) is 8.27. The quantitative estimate of drug-likeness (QED) is 0.350. The number of allylic oxidation sites excluding steroid dienone is 2. The zero-order valence-corrected chi connectivity index (χ0v) is 7.04. The number of aldehydes is 1. The van der Waals surface area contributed by atoms with Crippen LogP contribution in [0.25, 0.3) is 0 Å². The Labute approximate surface area is 67.2 Å². The van der Waals surface area contributed by atoms with Gasteiger partial charge >= 0.3 is 0 Å². The average Bonchev–Trinajstić information content (AvgIpc) is 2.66. The summed E-state index contributed by atoms with van der Waals surface area (Å²) in [4.78, 5) is 10.1. The smallest absolute Gasteiger partial charge is 0.151 e. The van der Waals surface area contributed by atoms with Gasteiger partial charge in [0.25, 0.3) is 0 Å². The van der Waals surface area contributed by atoms with E-state index in [0.29, 0.717) is 0 Å². The Morgan fingerprint density at radius 2 is 2.27 bits per heavy atom. The second-order valence-corrected chi connectivity index (χ2v) is 3.13. The summed E-state index contributed by atoms with van der Waals surface area (Å²) in [6.45, 7) is 4.15. The van der Waals surface area contributed by atoms with Crippen LogP contribution in [0.4, 0.5) is 0 Å². The number of epoxide rings is 1. The van der Waals surface area contributed by atoms with E-state index in [-0.39, 0.29) is 12.2 Å². The largest absolute Gasteiger partial charge is 0.362 e. The lowest BCUT2D eigenvalue weighted by atomic mass is 10.1. The van der Waals surface area contributed by atoms with Gasteiger partial charge in [0.05, 0.1) is 6.10 Å².